The summed E-state index contributed by atoms with van der Waals surface area (Å²) in [5, 5.41) is 0.500. The molecule has 2 aliphatic rings. The number of hydrogen-bond acceptors (Lipinski definition) is 2. The number of anilines is 1. The SMILES string of the molecule is O=C1[C@H]2[C@H](C(=O)N1c1cccc(Cl)c1)[C@H](c1ccccc1)C=C[C@@H]2c1ccccc1. The predicted molar refractivity (Wildman–Crippen MR) is 118 cm³/mol. The first-order valence-electron chi connectivity index (χ1n) is 10.1. The second-order valence-corrected chi connectivity index (χ2v) is 8.24. The molecule has 4 atom stereocenters. The molecule has 1 aliphatic carbocycles. The highest BCUT2D eigenvalue weighted by molar-refractivity contribution is 6.31. The lowest BCUT2D eigenvalue weighted by Gasteiger charge is -2.32. The van der Waals surface area contributed by atoms with E-state index in [0.29, 0.717) is 10.7 Å². The van der Waals surface area contributed by atoms with E-state index in [0.717, 1.165) is 11.1 Å². The van der Waals surface area contributed by atoms with Gasteiger partial charge in [-0.3, -0.25) is 9.59 Å². The van der Waals surface area contributed by atoms with Crippen molar-refractivity contribution in [2.75, 3.05) is 4.90 Å². The van der Waals surface area contributed by atoms with Crippen LogP contribution in [-0.2, 0) is 9.59 Å². The molecule has 1 heterocycles. The Morgan fingerprint density at radius 1 is 0.633 bits per heavy atom. The summed E-state index contributed by atoms with van der Waals surface area (Å²) in [5.74, 6) is -1.51. The summed E-state index contributed by atoms with van der Waals surface area (Å²) in [4.78, 5) is 28.6. The van der Waals surface area contributed by atoms with E-state index < -0.39 is 11.8 Å². The lowest BCUT2D eigenvalue weighted by Crippen LogP contribution is -2.31. The molecule has 148 valence electrons. The Morgan fingerprint density at radius 3 is 1.60 bits per heavy atom. The number of benzene rings is 3. The molecule has 0 bridgehead atoms. The molecule has 1 aliphatic heterocycles. The van der Waals surface area contributed by atoms with Crippen molar-refractivity contribution in [2.45, 2.75) is 11.8 Å². The minimum absolute atomic E-state index is 0.142. The number of rotatable bonds is 3. The Bertz CT molecular complexity index is 1060. The van der Waals surface area contributed by atoms with Crippen LogP contribution in [0, 0.1) is 11.8 Å². The number of allylic oxidation sites excluding steroid dienone is 2. The lowest BCUT2D eigenvalue weighted by molar-refractivity contribution is -0.122. The smallest absolute Gasteiger partial charge is 0.238 e. The highest BCUT2D eigenvalue weighted by Gasteiger charge is 2.55. The van der Waals surface area contributed by atoms with E-state index in [4.69, 9.17) is 11.6 Å². The molecule has 2 amide bonds. The summed E-state index contributed by atoms with van der Waals surface area (Å²) < 4.78 is 0. The van der Waals surface area contributed by atoms with E-state index in [9.17, 15) is 9.59 Å². The van der Waals surface area contributed by atoms with Gasteiger partial charge in [-0.25, -0.2) is 4.90 Å². The van der Waals surface area contributed by atoms with Crippen molar-refractivity contribution in [3.05, 3.63) is 113 Å². The summed E-state index contributed by atoms with van der Waals surface area (Å²) in [6.45, 7) is 0. The third-order valence-electron chi connectivity index (χ3n) is 6.13. The van der Waals surface area contributed by atoms with Crippen LogP contribution in [0.4, 0.5) is 5.69 Å². The quantitative estimate of drug-likeness (QED) is 0.415. The van der Waals surface area contributed by atoms with Crippen LogP contribution >= 0.6 is 11.6 Å². The van der Waals surface area contributed by atoms with Gasteiger partial charge in [0.15, 0.2) is 0 Å². The van der Waals surface area contributed by atoms with E-state index in [2.05, 4.69) is 12.2 Å². The van der Waals surface area contributed by atoms with Gasteiger partial charge >= 0.3 is 0 Å². The Balaban J connectivity index is 1.64. The molecule has 4 heteroatoms. The molecule has 3 aromatic carbocycles. The van der Waals surface area contributed by atoms with E-state index in [1.165, 1.54) is 4.90 Å². The lowest BCUT2D eigenvalue weighted by atomic mass is 9.68. The molecule has 1 saturated heterocycles. The maximum absolute atomic E-state index is 13.7. The van der Waals surface area contributed by atoms with Crippen LogP contribution in [0.5, 0.6) is 0 Å². The van der Waals surface area contributed by atoms with Crippen molar-refractivity contribution < 1.29 is 9.59 Å². The van der Waals surface area contributed by atoms with Crippen LogP contribution in [0.1, 0.15) is 23.0 Å². The van der Waals surface area contributed by atoms with Gasteiger partial charge in [0.05, 0.1) is 17.5 Å². The Labute approximate surface area is 180 Å². The summed E-state index contributed by atoms with van der Waals surface area (Å²) in [5.41, 5.74) is 2.62. The van der Waals surface area contributed by atoms with Gasteiger partial charge in [0, 0.05) is 16.9 Å². The number of imide groups is 1. The molecule has 0 N–H and O–H groups in total. The van der Waals surface area contributed by atoms with E-state index in [-0.39, 0.29) is 23.7 Å². The minimum atomic E-state index is -0.450. The van der Waals surface area contributed by atoms with Crippen LogP contribution < -0.4 is 4.90 Å². The average molecular weight is 414 g/mol. The van der Waals surface area contributed by atoms with Crippen molar-refractivity contribution in [1.29, 1.82) is 0 Å². The van der Waals surface area contributed by atoms with E-state index in [1.54, 1.807) is 24.3 Å². The summed E-state index contributed by atoms with van der Waals surface area (Å²) in [6.07, 6.45) is 4.20. The van der Waals surface area contributed by atoms with Crippen LogP contribution in [0.15, 0.2) is 97.1 Å². The third kappa shape index (κ3) is 3.06. The Hall–Kier alpha value is -3.17. The highest BCUT2D eigenvalue weighted by atomic mass is 35.5. The van der Waals surface area contributed by atoms with Gasteiger partial charge in [-0.2, -0.15) is 0 Å². The highest BCUT2D eigenvalue weighted by Crippen LogP contribution is 2.50. The predicted octanol–water partition coefficient (Wildman–Crippen LogP) is 5.58. The van der Waals surface area contributed by atoms with Gasteiger partial charge in [0.2, 0.25) is 11.8 Å². The van der Waals surface area contributed by atoms with Crippen molar-refractivity contribution in [1.82, 2.24) is 0 Å². The van der Waals surface area contributed by atoms with Gasteiger partial charge in [-0.15, -0.1) is 0 Å². The summed E-state index contributed by atoms with van der Waals surface area (Å²) >= 11 is 6.16. The van der Waals surface area contributed by atoms with Crippen LogP contribution in [0.25, 0.3) is 0 Å². The van der Waals surface area contributed by atoms with Crippen LogP contribution in [-0.4, -0.2) is 11.8 Å². The van der Waals surface area contributed by atoms with Crippen molar-refractivity contribution >= 4 is 29.1 Å². The number of fused-ring (bicyclic) bond motifs is 1. The van der Waals surface area contributed by atoms with Crippen LogP contribution in [0.2, 0.25) is 5.02 Å². The normalized spacial score (nSPS) is 25.4. The van der Waals surface area contributed by atoms with Crippen molar-refractivity contribution in [2.24, 2.45) is 11.8 Å². The van der Waals surface area contributed by atoms with Gasteiger partial charge in [-0.1, -0.05) is 90.5 Å². The second-order valence-electron chi connectivity index (χ2n) is 7.80. The summed E-state index contributed by atoms with van der Waals surface area (Å²) in [6, 6.07) is 26.8. The first kappa shape index (κ1) is 18.8. The zero-order chi connectivity index (χ0) is 20.7. The first-order chi connectivity index (χ1) is 14.6. The molecule has 0 radical (unpaired) electrons. The standard InChI is InChI=1S/C26H20ClNO2/c27-19-12-7-13-20(16-19)28-25(29)23-21(17-8-3-1-4-9-17)14-15-22(24(23)26(28)30)18-10-5-2-6-11-18/h1-16,21-24H/t21-,22+,23-,24-/m1/s1. The van der Waals surface area contributed by atoms with E-state index in [1.807, 2.05) is 60.7 Å². The van der Waals surface area contributed by atoms with Gasteiger partial charge < -0.3 is 0 Å². The van der Waals surface area contributed by atoms with E-state index >= 15 is 0 Å². The zero-order valence-corrected chi connectivity index (χ0v) is 16.9. The average Bonchev–Trinajstić information content (AvgIpc) is 3.05. The largest absolute Gasteiger partial charge is 0.274 e. The number of nitrogens with zero attached hydrogens (tertiary/aromatic N) is 1. The molecule has 3 aromatic rings. The number of hydrogen-bond donors (Lipinski definition) is 0. The molecular formula is C26H20ClNO2. The first-order valence-corrected chi connectivity index (χ1v) is 10.4. The van der Waals surface area contributed by atoms with Crippen molar-refractivity contribution in [3.8, 4) is 0 Å². The Kier molecular flexibility index (Phi) is 4.76. The number of amides is 2. The monoisotopic (exact) mass is 413 g/mol. The Morgan fingerprint density at radius 2 is 1.13 bits per heavy atom. The molecule has 0 saturated carbocycles. The fraction of sp³-hybridized carbons (Fsp3) is 0.154. The van der Waals surface area contributed by atoms with Gasteiger partial charge in [0.25, 0.3) is 0 Å². The molecule has 0 aromatic heterocycles. The van der Waals surface area contributed by atoms with Crippen LogP contribution in [0.3, 0.4) is 0 Å². The maximum Gasteiger partial charge on any atom is 0.238 e. The second kappa shape index (κ2) is 7.58. The topological polar surface area (TPSA) is 37.4 Å². The number of halogens is 1. The molecule has 30 heavy (non-hydrogen) atoms. The zero-order valence-electron chi connectivity index (χ0n) is 16.2. The summed E-state index contributed by atoms with van der Waals surface area (Å²) in [7, 11) is 0. The fourth-order valence-electron chi connectivity index (χ4n) is 4.80. The van der Waals surface area contributed by atoms with Crippen molar-refractivity contribution in [3.63, 3.8) is 0 Å². The van der Waals surface area contributed by atoms with Gasteiger partial charge in [-0.05, 0) is 29.3 Å². The molecule has 1 fully saturated rings. The molecule has 5 rings (SSSR count). The fourth-order valence-corrected chi connectivity index (χ4v) is 4.99. The molecule has 0 unspecified atom stereocenters. The molecule has 3 nitrogen and oxygen atoms in total. The number of carbonyl (C=O) groups excluding carboxylic acids is 2. The third-order valence-corrected chi connectivity index (χ3v) is 6.37. The minimum Gasteiger partial charge on any atom is -0.274 e. The molecule has 0 spiro atoms. The maximum atomic E-state index is 13.7. The molecular weight excluding hydrogens is 394 g/mol. The van der Waals surface area contributed by atoms with Gasteiger partial charge in [0.1, 0.15) is 0 Å². The number of carbonyl (C=O) groups is 2.